The summed E-state index contributed by atoms with van der Waals surface area (Å²) in [6, 6.07) is 8.42. The largest absolute Gasteiger partial charge is 0.507 e. The Balaban J connectivity index is 2.19. The predicted octanol–water partition coefficient (Wildman–Crippen LogP) is 6.43. The Hall–Kier alpha value is -3.20. The summed E-state index contributed by atoms with van der Waals surface area (Å²) in [5.41, 5.74) is -1.17. The zero-order valence-corrected chi connectivity index (χ0v) is 20.4. The van der Waals surface area contributed by atoms with Crippen molar-refractivity contribution in [2.45, 2.75) is 40.4 Å². The van der Waals surface area contributed by atoms with Crippen LogP contribution in [0.5, 0.6) is 23.0 Å². The molecule has 0 saturated heterocycles. The number of phenolic OH excluding ortho intramolecular Hbond substituents is 1. The molecule has 0 fully saturated rings. The lowest BCUT2D eigenvalue weighted by Gasteiger charge is -2.26. The van der Waals surface area contributed by atoms with Gasteiger partial charge in [0.05, 0.1) is 18.1 Å². The van der Waals surface area contributed by atoms with Crippen molar-refractivity contribution < 1.29 is 32.2 Å². The molecule has 190 valence electrons. The Morgan fingerprint density at radius 3 is 2.23 bits per heavy atom. The first kappa shape index (κ1) is 26.4. The maximum atomic E-state index is 14.0. The van der Waals surface area contributed by atoms with Crippen LogP contribution in [0.1, 0.15) is 39.0 Å². The van der Waals surface area contributed by atoms with Crippen LogP contribution in [0.3, 0.4) is 0 Å². The summed E-state index contributed by atoms with van der Waals surface area (Å²) in [6.07, 6.45) is -5.01. The Bertz CT molecular complexity index is 1220. The average Bonchev–Trinajstić information content (AvgIpc) is 2.75. The molecule has 1 heterocycles. The first-order valence-electron chi connectivity index (χ1n) is 11.3. The van der Waals surface area contributed by atoms with E-state index < -0.39 is 23.1 Å². The number of nitrogens with zero attached hydrogens (tertiary/aromatic N) is 1. The normalized spacial score (nSPS) is 12.2. The van der Waals surface area contributed by atoms with Crippen molar-refractivity contribution in [2.75, 3.05) is 20.2 Å². The standard InChI is InChI=1S/C26H30F3NO5/c1-15(2)12-30(13-16(3)4)14-20-21(31)10-9-19-22(32)24(25(26(27,28)29)35-23(19)20)34-18-8-6-7-17(11-18)33-5/h6-11,15-16,31H,12-14H2,1-5H3. The molecule has 0 unspecified atom stereocenters. The van der Waals surface area contributed by atoms with Gasteiger partial charge >= 0.3 is 6.18 Å². The van der Waals surface area contributed by atoms with E-state index in [0.29, 0.717) is 18.8 Å². The number of hydrogen-bond acceptors (Lipinski definition) is 6. The molecule has 6 nitrogen and oxygen atoms in total. The number of hydrogen-bond donors (Lipinski definition) is 1. The van der Waals surface area contributed by atoms with Gasteiger partial charge in [-0.25, -0.2) is 0 Å². The van der Waals surface area contributed by atoms with Gasteiger partial charge in [-0.1, -0.05) is 33.8 Å². The Labute approximate surface area is 201 Å². The molecule has 2 aromatic carbocycles. The van der Waals surface area contributed by atoms with Crippen molar-refractivity contribution in [3.63, 3.8) is 0 Å². The van der Waals surface area contributed by atoms with Crippen molar-refractivity contribution >= 4 is 11.0 Å². The average molecular weight is 494 g/mol. The molecule has 0 atom stereocenters. The molecule has 0 saturated carbocycles. The molecule has 3 rings (SSSR count). The molecular weight excluding hydrogens is 463 g/mol. The maximum Gasteiger partial charge on any atom is 0.453 e. The summed E-state index contributed by atoms with van der Waals surface area (Å²) in [6.45, 7) is 9.54. The van der Waals surface area contributed by atoms with Gasteiger partial charge in [0.2, 0.25) is 11.2 Å². The molecule has 0 spiro atoms. The van der Waals surface area contributed by atoms with Crippen LogP contribution < -0.4 is 14.9 Å². The smallest absolute Gasteiger partial charge is 0.453 e. The molecule has 1 N–H and O–H groups in total. The van der Waals surface area contributed by atoms with Crippen molar-refractivity contribution in [3.8, 4) is 23.0 Å². The van der Waals surface area contributed by atoms with Gasteiger partial charge in [0.15, 0.2) is 0 Å². The Kier molecular flexibility index (Phi) is 8.00. The third kappa shape index (κ3) is 6.28. The number of phenols is 1. The van der Waals surface area contributed by atoms with Gasteiger partial charge in [-0.2, -0.15) is 13.2 Å². The first-order chi connectivity index (χ1) is 16.4. The van der Waals surface area contributed by atoms with Crippen LogP contribution in [0.4, 0.5) is 13.2 Å². The number of alkyl halides is 3. The van der Waals surface area contributed by atoms with Crippen LogP contribution in [0.15, 0.2) is 45.6 Å². The van der Waals surface area contributed by atoms with E-state index in [9.17, 15) is 23.1 Å². The van der Waals surface area contributed by atoms with Crippen LogP contribution in [0.25, 0.3) is 11.0 Å². The predicted molar refractivity (Wildman–Crippen MR) is 127 cm³/mol. The molecule has 0 aliphatic carbocycles. The molecule has 35 heavy (non-hydrogen) atoms. The SMILES string of the molecule is COc1cccc(Oc2c(C(F)(F)F)oc3c(CN(CC(C)C)CC(C)C)c(O)ccc3c2=O)c1. The van der Waals surface area contributed by atoms with Gasteiger partial charge in [-0.3, -0.25) is 9.69 Å². The monoisotopic (exact) mass is 493 g/mol. The van der Waals surface area contributed by atoms with Crippen LogP contribution in [-0.2, 0) is 12.7 Å². The molecule has 0 aliphatic rings. The highest BCUT2D eigenvalue weighted by Gasteiger charge is 2.41. The summed E-state index contributed by atoms with van der Waals surface area (Å²) >= 11 is 0. The second kappa shape index (κ2) is 10.6. The lowest BCUT2D eigenvalue weighted by Crippen LogP contribution is -2.31. The number of fused-ring (bicyclic) bond motifs is 1. The quantitative estimate of drug-likeness (QED) is 0.370. The van der Waals surface area contributed by atoms with Crippen LogP contribution in [0.2, 0.25) is 0 Å². The lowest BCUT2D eigenvalue weighted by atomic mass is 10.1. The number of ether oxygens (including phenoxy) is 2. The molecule has 9 heteroatoms. The van der Waals surface area contributed by atoms with Crippen molar-refractivity contribution in [1.82, 2.24) is 4.90 Å². The molecule has 0 amide bonds. The number of aromatic hydroxyl groups is 1. The second-order valence-electron chi connectivity index (χ2n) is 9.29. The fraction of sp³-hybridized carbons (Fsp3) is 0.423. The Morgan fingerprint density at radius 2 is 1.66 bits per heavy atom. The summed E-state index contributed by atoms with van der Waals surface area (Å²) < 4.78 is 57.9. The fourth-order valence-corrected chi connectivity index (χ4v) is 3.96. The van der Waals surface area contributed by atoms with Gasteiger partial charge in [-0.15, -0.1) is 0 Å². The van der Waals surface area contributed by atoms with Gasteiger partial charge in [0, 0.05) is 25.7 Å². The fourth-order valence-electron chi connectivity index (χ4n) is 3.96. The number of halogens is 3. The summed E-state index contributed by atoms with van der Waals surface area (Å²) in [5.74, 6) is -1.88. The zero-order valence-electron chi connectivity index (χ0n) is 20.4. The molecular formula is C26H30F3NO5. The van der Waals surface area contributed by atoms with Crippen molar-refractivity contribution in [3.05, 3.63) is 57.9 Å². The third-order valence-corrected chi connectivity index (χ3v) is 5.24. The van der Waals surface area contributed by atoms with Crippen LogP contribution >= 0.6 is 0 Å². The van der Waals surface area contributed by atoms with Gasteiger partial charge in [0.25, 0.3) is 5.76 Å². The highest BCUT2D eigenvalue weighted by Crippen LogP contribution is 2.40. The zero-order chi connectivity index (χ0) is 25.9. The van der Waals surface area contributed by atoms with Gasteiger partial charge in [0.1, 0.15) is 22.8 Å². The topological polar surface area (TPSA) is 72.1 Å². The molecule has 1 aromatic heterocycles. The Morgan fingerprint density at radius 1 is 1.03 bits per heavy atom. The third-order valence-electron chi connectivity index (χ3n) is 5.24. The number of rotatable bonds is 9. The molecule has 0 aliphatic heterocycles. The van der Waals surface area contributed by atoms with E-state index in [1.54, 1.807) is 6.07 Å². The molecule has 3 aromatic rings. The maximum absolute atomic E-state index is 14.0. The lowest BCUT2D eigenvalue weighted by molar-refractivity contribution is -0.154. The second-order valence-corrected chi connectivity index (χ2v) is 9.29. The van der Waals surface area contributed by atoms with E-state index in [4.69, 9.17) is 13.9 Å². The minimum absolute atomic E-state index is 0.0134. The summed E-state index contributed by atoms with van der Waals surface area (Å²) in [5, 5.41) is 10.4. The highest BCUT2D eigenvalue weighted by atomic mass is 19.4. The van der Waals surface area contributed by atoms with E-state index in [-0.39, 0.29) is 46.4 Å². The van der Waals surface area contributed by atoms with Crippen LogP contribution in [-0.4, -0.2) is 30.2 Å². The number of methoxy groups -OCH3 is 1. The van der Waals surface area contributed by atoms with Gasteiger partial charge < -0.3 is 19.0 Å². The van der Waals surface area contributed by atoms with Crippen molar-refractivity contribution in [2.24, 2.45) is 11.8 Å². The van der Waals surface area contributed by atoms with E-state index in [0.717, 1.165) is 0 Å². The van der Waals surface area contributed by atoms with E-state index >= 15 is 0 Å². The van der Waals surface area contributed by atoms with Crippen LogP contribution in [0, 0.1) is 11.8 Å². The summed E-state index contributed by atoms with van der Waals surface area (Å²) in [7, 11) is 1.40. The summed E-state index contributed by atoms with van der Waals surface area (Å²) in [4.78, 5) is 15.3. The number of benzene rings is 2. The van der Waals surface area contributed by atoms with Gasteiger partial charge in [-0.05, 0) is 36.1 Å². The molecule has 0 bridgehead atoms. The van der Waals surface area contributed by atoms with E-state index in [1.807, 2.05) is 32.6 Å². The van der Waals surface area contributed by atoms with E-state index in [2.05, 4.69) is 0 Å². The first-order valence-corrected chi connectivity index (χ1v) is 11.3. The minimum Gasteiger partial charge on any atom is -0.507 e. The minimum atomic E-state index is -5.01. The van der Waals surface area contributed by atoms with Crippen molar-refractivity contribution in [1.29, 1.82) is 0 Å². The highest BCUT2D eigenvalue weighted by molar-refractivity contribution is 5.83. The van der Waals surface area contributed by atoms with E-state index in [1.165, 1.54) is 37.4 Å². The molecule has 0 radical (unpaired) electrons.